The van der Waals surface area contributed by atoms with Gasteiger partial charge in [-0.05, 0) is 0 Å². The Balaban J connectivity index is 0.00000161. The first-order chi connectivity index (χ1) is 9.52. The van der Waals surface area contributed by atoms with Gasteiger partial charge in [0.25, 0.3) is 0 Å². The van der Waals surface area contributed by atoms with Gasteiger partial charge in [0, 0.05) is 0 Å². The summed E-state index contributed by atoms with van der Waals surface area (Å²) in [6.45, 7) is -0.388. The van der Waals surface area contributed by atoms with Crippen LogP contribution in [0.2, 0.25) is 0 Å². The molecule has 1 fully saturated rings. The van der Waals surface area contributed by atoms with Gasteiger partial charge < -0.3 is 0 Å². The minimum atomic E-state index is -1.19. The van der Waals surface area contributed by atoms with E-state index in [1.54, 1.807) is 0 Å². The maximum absolute atomic E-state index is 10.0. The molecule has 0 amide bonds. The summed E-state index contributed by atoms with van der Waals surface area (Å²) in [4.78, 5) is 11.1. The van der Waals surface area contributed by atoms with E-state index in [9.17, 15) is 10.2 Å². The number of hydrogen-bond donors (Lipinski definition) is 5. The van der Waals surface area contributed by atoms with Crippen LogP contribution in [0.5, 0.6) is 0 Å². The van der Waals surface area contributed by atoms with Crippen LogP contribution in [-0.4, -0.2) is 75.3 Å². The van der Waals surface area contributed by atoms with Crippen molar-refractivity contribution in [3.63, 3.8) is 0 Å². The number of aromatic amines is 1. The zero-order valence-electron chi connectivity index (χ0n) is 10.5. The van der Waals surface area contributed by atoms with E-state index >= 15 is 0 Å². The summed E-state index contributed by atoms with van der Waals surface area (Å²) < 4.78 is 7.60. The number of H-pyrrole nitrogens is 1. The standard InChI is InChI=1S/C10H14N5O4Se.Pt/c11-10-13-7-4(8(20)14-10)12-2-15(7)9-6(18)5(17)3(1-16)19-9;/h2-3,5-6,9,16-18,20H,1H2,(H3,11,13,14);/q;+2. The Morgan fingerprint density at radius 1 is 1.43 bits per heavy atom. The fourth-order valence-electron chi connectivity index (χ4n) is 2.25. The molecule has 1 aliphatic heterocycles. The first kappa shape index (κ1) is 16.8. The smallest absolute Gasteiger partial charge is 2.00 e. The fraction of sp³-hybridized carbons (Fsp3) is 0.500. The quantitative estimate of drug-likeness (QED) is 0.262. The molecule has 6 N–H and O–H groups in total. The average Bonchev–Trinajstić information content (AvgIpc) is 2.93. The summed E-state index contributed by atoms with van der Waals surface area (Å²) in [7, 11) is 0. The molecule has 0 spiro atoms. The SMILES string of the molecule is Nc1nc2c(ncn2C2OC(CO)C(O)C2O)c(=[SeH])[nH]1.[Pt+2]. The predicted molar refractivity (Wildman–Crippen MR) is 69.7 cm³/mol. The largest absolute Gasteiger partial charge is 2.00 e. The molecule has 1 radical (unpaired) electrons. The molecule has 0 saturated carbocycles. The Morgan fingerprint density at radius 2 is 2.14 bits per heavy atom. The topological polar surface area (TPSA) is 142 Å². The number of nitrogens with two attached hydrogens (primary N) is 1. The average molecular weight is 542 g/mol. The molecule has 1 aliphatic rings. The molecule has 0 aromatic carbocycles. The van der Waals surface area contributed by atoms with Crippen LogP contribution < -0.4 is 5.73 Å². The molecule has 3 heterocycles. The van der Waals surface area contributed by atoms with Crippen LogP contribution in [0.25, 0.3) is 11.2 Å². The van der Waals surface area contributed by atoms with E-state index in [1.807, 2.05) is 0 Å². The Hall–Kier alpha value is -0.602. The summed E-state index contributed by atoms with van der Waals surface area (Å²) in [5.74, 6) is 0.196. The van der Waals surface area contributed by atoms with E-state index in [2.05, 4.69) is 30.5 Å². The van der Waals surface area contributed by atoms with E-state index in [-0.39, 0.29) is 33.6 Å². The molecule has 11 heteroatoms. The van der Waals surface area contributed by atoms with Crippen LogP contribution in [0.4, 0.5) is 5.95 Å². The van der Waals surface area contributed by atoms with Crippen molar-refractivity contribution < 1.29 is 41.1 Å². The number of nitrogen functional groups attached to an aromatic ring is 1. The zero-order valence-corrected chi connectivity index (χ0v) is 14.7. The molecular weight excluding hydrogens is 528 g/mol. The number of aliphatic hydroxyl groups excluding tert-OH is 3. The van der Waals surface area contributed by atoms with Crippen LogP contribution in [0, 0.1) is 4.19 Å². The number of ether oxygens (including phenoxy) is 1. The number of fused-ring (bicyclic) bond motifs is 1. The van der Waals surface area contributed by atoms with Crippen LogP contribution in [-0.2, 0) is 25.8 Å². The number of rotatable bonds is 2. The van der Waals surface area contributed by atoms with E-state index in [1.165, 1.54) is 10.9 Å². The van der Waals surface area contributed by atoms with E-state index < -0.39 is 24.5 Å². The molecule has 117 valence electrons. The number of aliphatic hydroxyl groups is 3. The van der Waals surface area contributed by atoms with Gasteiger partial charge in [-0.15, -0.1) is 0 Å². The monoisotopic (exact) mass is 543 g/mol. The van der Waals surface area contributed by atoms with Gasteiger partial charge in [0.2, 0.25) is 0 Å². The molecule has 2 aromatic rings. The second-order valence-corrected chi connectivity index (χ2v) is 5.46. The second kappa shape index (κ2) is 6.26. The van der Waals surface area contributed by atoms with Crippen LogP contribution in [0.15, 0.2) is 6.33 Å². The van der Waals surface area contributed by atoms with Crippen molar-refractivity contribution in [1.29, 1.82) is 0 Å². The third kappa shape index (κ3) is 2.73. The van der Waals surface area contributed by atoms with Crippen LogP contribution in [0.3, 0.4) is 0 Å². The maximum atomic E-state index is 10.0. The molecule has 21 heavy (non-hydrogen) atoms. The van der Waals surface area contributed by atoms with E-state index in [0.29, 0.717) is 15.4 Å². The number of nitrogens with zero attached hydrogens (tertiary/aromatic N) is 3. The van der Waals surface area contributed by atoms with E-state index in [4.69, 9.17) is 15.6 Å². The molecule has 4 atom stereocenters. The van der Waals surface area contributed by atoms with Gasteiger partial charge in [0.15, 0.2) is 0 Å². The summed E-state index contributed by atoms with van der Waals surface area (Å²) in [6, 6.07) is 0. The van der Waals surface area contributed by atoms with Crippen LogP contribution in [0.1, 0.15) is 6.23 Å². The first-order valence-corrected chi connectivity index (χ1v) is 6.83. The summed E-state index contributed by atoms with van der Waals surface area (Å²) in [5.41, 5.74) is 6.65. The Morgan fingerprint density at radius 3 is 2.76 bits per heavy atom. The van der Waals surface area contributed by atoms with Gasteiger partial charge in [-0.3, -0.25) is 0 Å². The van der Waals surface area contributed by atoms with Crippen LogP contribution >= 0.6 is 0 Å². The number of nitrogens with one attached hydrogen (secondary N) is 1. The molecule has 0 aliphatic carbocycles. The molecule has 2 aromatic heterocycles. The van der Waals surface area contributed by atoms with Crippen molar-refractivity contribution in [2.24, 2.45) is 0 Å². The number of hydrogen-bond acceptors (Lipinski definition) is 7. The predicted octanol–water partition coefficient (Wildman–Crippen LogP) is -2.62. The molecular formula is C10H14N5O4PtSe+2. The third-order valence-corrected chi connectivity index (χ3v) is 3.94. The minimum absolute atomic E-state index is 0. The summed E-state index contributed by atoms with van der Waals surface area (Å²) in [6.07, 6.45) is -2.65. The van der Waals surface area contributed by atoms with Gasteiger partial charge in [-0.2, -0.15) is 0 Å². The summed E-state index contributed by atoms with van der Waals surface area (Å²) >= 11 is 2.29. The molecule has 0 bridgehead atoms. The first-order valence-electron chi connectivity index (χ1n) is 5.89. The molecule has 3 rings (SSSR count). The number of imidazole rings is 1. The third-order valence-electron chi connectivity index (χ3n) is 3.26. The fourth-order valence-corrected chi connectivity index (χ4v) is 2.82. The van der Waals surface area contributed by atoms with Gasteiger partial charge in [-0.25, -0.2) is 0 Å². The minimum Gasteiger partial charge on any atom is 2.00 e. The summed E-state index contributed by atoms with van der Waals surface area (Å²) in [5, 5.41) is 28.9. The maximum Gasteiger partial charge on any atom is 2.00 e. The second-order valence-electron chi connectivity index (χ2n) is 4.52. The van der Waals surface area contributed by atoms with Crippen molar-refractivity contribution in [2.75, 3.05) is 12.3 Å². The Kier molecular flexibility index (Phi) is 4.99. The van der Waals surface area contributed by atoms with Crippen molar-refractivity contribution in [3.8, 4) is 0 Å². The van der Waals surface area contributed by atoms with Gasteiger partial charge >= 0.3 is 141 Å². The van der Waals surface area contributed by atoms with Gasteiger partial charge in [0.1, 0.15) is 0 Å². The number of anilines is 1. The Labute approximate surface area is 140 Å². The van der Waals surface area contributed by atoms with Crippen molar-refractivity contribution >= 4 is 32.7 Å². The van der Waals surface area contributed by atoms with Crippen molar-refractivity contribution in [3.05, 3.63) is 10.5 Å². The van der Waals surface area contributed by atoms with Crippen molar-refractivity contribution in [1.82, 2.24) is 19.5 Å². The van der Waals surface area contributed by atoms with Crippen molar-refractivity contribution in [2.45, 2.75) is 24.5 Å². The Bertz CT molecular complexity index is 706. The molecule has 4 unspecified atom stereocenters. The molecule has 1 saturated heterocycles. The normalized spacial score (nSPS) is 28.7. The zero-order chi connectivity index (χ0) is 14.4. The number of aromatic nitrogens is 4. The van der Waals surface area contributed by atoms with Gasteiger partial charge in [0.05, 0.1) is 0 Å². The van der Waals surface area contributed by atoms with Gasteiger partial charge in [-0.1, -0.05) is 0 Å². The molecule has 9 nitrogen and oxygen atoms in total. The van der Waals surface area contributed by atoms with E-state index in [0.717, 1.165) is 0 Å².